The molecule has 1 aromatic heterocycles. The minimum absolute atomic E-state index is 0.0652. The van der Waals surface area contributed by atoms with Crippen molar-refractivity contribution in [1.29, 1.82) is 0 Å². The van der Waals surface area contributed by atoms with E-state index < -0.39 is 39.9 Å². The molecule has 0 radical (unpaired) electrons. The molecule has 1 fully saturated rings. The van der Waals surface area contributed by atoms with E-state index in [0.29, 0.717) is 15.7 Å². The molecule has 0 bridgehead atoms. The smallest absolute Gasteiger partial charge is 0.326 e. The molecular formula is C13H13FN4O4S. The summed E-state index contributed by atoms with van der Waals surface area (Å²) in [4.78, 5) is 11.3. The Hall–Kier alpha value is -2.62. The molecule has 2 N–H and O–H groups in total. The molecule has 10 heteroatoms. The van der Waals surface area contributed by atoms with Gasteiger partial charge < -0.3 is 5.11 Å². The summed E-state index contributed by atoms with van der Waals surface area (Å²) in [6, 6.07) is 4.12. The maximum Gasteiger partial charge on any atom is 0.326 e. The number of aromatic nitrogens is 2. The first-order valence-corrected chi connectivity index (χ1v) is 8.00. The van der Waals surface area contributed by atoms with Gasteiger partial charge in [-0.25, -0.2) is 13.4 Å². The monoisotopic (exact) mass is 340 g/mol. The van der Waals surface area contributed by atoms with Gasteiger partial charge in [0.2, 0.25) is 0 Å². The summed E-state index contributed by atoms with van der Waals surface area (Å²) in [5, 5.41) is 14.0. The summed E-state index contributed by atoms with van der Waals surface area (Å²) in [5.74, 6) is -2.33. The summed E-state index contributed by atoms with van der Waals surface area (Å²) < 4.78 is 42.4. The van der Waals surface area contributed by atoms with E-state index in [9.17, 15) is 22.7 Å². The van der Waals surface area contributed by atoms with Gasteiger partial charge in [0.05, 0.1) is 11.4 Å². The average molecular weight is 340 g/mol. The molecule has 2 heterocycles. The zero-order valence-corrected chi connectivity index (χ0v) is 13.1. The van der Waals surface area contributed by atoms with Crippen LogP contribution in [-0.2, 0) is 22.1 Å². The predicted molar refractivity (Wildman–Crippen MR) is 79.4 cm³/mol. The van der Waals surface area contributed by atoms with E-state index in [1.54, 1.807) is 24.8 Å². The second-order valence-electron chi connectivity index (χ2n) is 5.13. The Morgan fingerprint density at radius 3 is 2.61 bits per heavy atom. The Labute approximate surface area is 131 Å². The lowest BCUT2D eigenvalue weighted by Gasteiger charge is -2.18. The molecule has 1 aromatic carbocycles. The standard InChI is InChI=1S/C13H13FN4O4S/c1-7-5-9(17(2)15-7)8-3-4-10(19)13(12(8)14)18-6-11(20)16-23(18,21)22/h3-5,19H,6H2,1-2H3,(H,16,20). The van der Waals surface area contributed by atoms with Crippen LogP contribution in [0.1, 0.15) is 5.69 Å². The quantitative estimate of drug-likeness (QED) is 0.824. The van der Waals surface area contributed by atoms with Gasteiger partial charge in [0.25, 0.3) is 5.91 Å². The molecule has 1 amide bonds. The van der Waals surface area contributed by atoms with Crippen LogP contribution in [0.25, 0.3) is 11.3 Å². The zero-order chi connectivity index (χ0) is 16.9. The molecule has 1 saturated heterocycles. The number of hydrogen-bond acceptors (Lipinski definition) is 5. The molecule has 1 aliphatic rings. The number of carbonyl (C=O) groups is 1. The van der Waals surface area contributed by atoms with Crippen molar-refractivity contribution in [2.45, 2.75) is 6.92 Å². The van der Waals surface area contributed by atoms with Gasteiger partial charge in [-0.05, 0) is 25.1 Å². The van der Waals surface area contributed by atoms with Crippen LogP contribution >= 0.6 is 0 Å². The van der Waals surface area contributed by atoms with Crippen molar-refractivity contribution in [2.24, 2.45) is 7.05 Å². The number of aromatic hydroxyl groups is 1. The highest BCUT2D eigenvalue weighted by Gasteiger charge is 2.38. The van der Waals surface area contributed by atoms with E-state index in [1.807, 2.05) is 0 Å². The SMILES string of the molecule is Cc1cc(-c2ccc(O)c(N3CC(=O)NS3(=O)=O)c2F)n(C)n1. The third-order valence-corrected chi connectivity index (χ3v) is 4.82. The minimum atomic E-state index is -4.23. The molecule has 1 aliphatic heterocycles. The van der Waals surface area contributed by atoms with Gasteiger partial charge in [-0.3, -0.25) is 9.48 Å². The van der Waals surface area contributed by atoms with Crippen LogP contribution in [0, 0.1) is 12.7 Å². The number of aryl methyl sites for hydroxylation is 2. The third kappa shape index (κ3) is 2.40. The fourth-order valence-corrected chi connectivity index (χ4v) is 3.66. The van der Waals surface area contributed by atoms with Crippen LogP contribution in [0.15, 0.2) is 18.2 Å². The Kier molecular flexibility index (Phi) is 3.29. The lowest BCUT2D eigenvalue weighted by atomic mass is 10.1. The molecule has 23 heavy (non-hydrogen) atoms. The molecule has 8 nitrogen and oxygen atoms in total. The Balaban J connectivity index is 2.21. The number of phenolic OH excluding ortho intramolecular Hbond substituents is 1. The van der Waals surface area contributed by atoms with Gasteiger partial charge in [-0.1, -0.05) is 0 Å². The second-order valence-corrected chi connectivity index (χ2v) is 6.72. The highest BCUT2D eigenvalue weighted by atomic mass is 32.2. The van der Waals surface area contributed by atoms with Crippen LogP contribution in [0.3, 0.4) is 0 Å². The minimum Gasteiger partial charge on any atom is -0.506 e. The van der Waals surface area contributed by atoms with Crippen LogP contribution in [0.5, 0.6) is 5.75 Å². The molecule has 0 spiro atoms. The average Bonchev–Trinajstić information content (AvgIpc) is 2.88. The van der Waals surface area contributed by atoms with E-state index in [1.165, 1.54) is 16.8 Å². The Morgan fingerprint density at radius 2 is 2.09 bits per heavy atom. The van der Waals surface area contributed by atoms with Crippen LogP contribution in [0.2, 0.25) is 0 Å². The number of carbonyl (C=O) groups excluding carboxylic acids is 1. The maximum absolute atomic E-state index is 14.9. The number of phenols is 1. The fourth-order valence-electron chi connectivity index (χ4n) is 2.50. The maximum atomic E-state index is 14.9. The fraction of sp³-hybridized carbons (Fsp3) is 0.231. The highest BCUT2D eigenvalue weighted by molar-refractivity contribution is 7.92. The normalized spacial score (nSPS) is 16.7. The second kappa shape index (κ2) is 4.95. The van der Waals surface area contributed by atoms with Gasteiger partial charge in [0, 0.05) is 12.6 Å². The molecular weight excluding hydrogens is 327 g/mol. The van der Waals surface area contributed by atoms with Crippen molar-refractivity contribution < 1.29 is 22.7 Å². The molecule has 3 rings (SSSR count). The number of anilines is 1. The predicted octanol–water partition coefficient (Wildman–Crippen LogP) is 0.421. The summed E-state index contributed by atoms with van der Waals surface area (Å²) in [7, 11) is -2.61. The Bertz CT molecular complexity index is 922. The molecule has 2 aromatic rings. The summed E-state index contributed by atoms with van der Waals surface area (Å²) >= 11 is 0. The van der Waals surface area contributed by atoms with Gasteiger partial charge >= 0.3 is 10.2 Å². The summed E-state index contributed by atoms with van der Waals surface area (Å²) in [6.07, 6.45) is 0. The first-order valence-electron chi connectivity index (χ1n) is 6.56. The van der Waals surface area contributed by atoms with E-state index >= 15 is 0 Å². The van der Waals surface area contributed by atoms with Gasteiger partial charge in [0.15, 0.2) is 5.82 Å². The number of nitrogens with one attached hydrogen (secondary N) is 1. The topological polar surface area (TPSA) is 105 Å². The molecule has 0 atom stereocenters. The number of rotatable bonds is 2. The van der Waals surface area contributed by atoms with Crippen LogP contribution in [-0.4, -0.2) is 35.8 Å². The summed E-state index contributed by atoms with van der Waals surface area (Å²) in [5.41, 5.74) is 0.564. The van der Waals surface area contributed by atoms with E-state index in [-0.39, 0.29) is 5.56 Å². The molecule has 122 valence electrons. The lowest BCUT2D eigenvalue weighted by Crippen LogP contribution is -2.30. The number of amides is 1. The van der Waals surface area contributed by atoms with Gasteiger partial charge in [0.1, 0.15) is 18.0 Å². The van der Waals surface area contributed by atoms with Crippen molar-refractivity contribution in [3.63, 3.8) is 0 Å². The molecule has 0 aliphatic carbocycles. The Morgan fingerprint density at radius 1 is 1.39 bits per heavy atom. The largest absolute Gasteiger partial charge is 0.506 e. The van der Waals surface area contributed by atoms with Crippen molar-refractivity contribution in [2.75, 3.05) is 10.8 Å². The van der Waals surface area contributed by atoms with E-state index in [4.69, 9.17) is 0 Å². The van der Waals surface area contributed by atoms with E-state index in [0.717, 1.165) is 0 Å². The first-order chi connectivity index (χ1) is 10.7. The third-order valence-electron chi connectivity index (χ3n) is 3.44. The zero-order valence-electron chi connectivity index (χ0n) is 12.2. The number of benzene rings is 1. The number of hydrogen-bond donors (Lipinski definition) is 2. The highest BCUT2D eigenvalue weighted by Crippen LogP contribution is 2.38. The van der Waals surface area contributed by atoms with Crippen molar-refractivity contribution in [3.05, 3.63) is 29.7 Å². The first kappa shape index (κ1) is 15.3. The number of nitrogens with zero attached hydrogens (tertiary/aromatic N) is 3. The lowest BCUT2D eigenvalue weighted by molar-refractivity contribution is -0.117. The van der Waals surface area contributed by atoms with Crippen molar-refractivity contribution in [1.82, 2.24) is 14.5 Å². The van der Waals surface area contributed by atoms with Crippen molar-refractivity contribution in [3.8, 4) is 17.0 Å². The van der Waals surface area contributed by atoms with Gasteiger partial charge in [-0.2, -0.15) is 13.5 Å². The van der Waals surface area contributed by atoms with Crippen LogP contribution < -0.4 is 9.03 Å². The van der Waals surface area contributed by atoms with Gasteiger partial charge in [-0.15, -0.1) is 0 Å². The summed E-state index contributed by atoms with van der Waals surface area (Å²) in [6.45, 7) is 1.14. The molecule has 0 saturated carbocycles. The molecule has 0 unspecified atom stereocenters. The van der Waals surface area contributed by atoms with E-state index in [2.05, 4.69) is 5.10 Å². The number of halogens is 1. The van der Waals surface area contributed by atoms with Crippen molar-refractivity contribution >= 4 is 21.8 Å². The van der Waals surface area contributed by atoms with Crippen LogP contribution in [0.4, 0.5) is 10.1 Å².